The Bertz CT molecular complexity index is 645. The van der Waals surface area contributed by atoms with Crippen molar-refractivity contribution in [2.24, 2.45) is 0 Å². The van der Waals surface area contributed by atoms with Gasteiger partial charge < -0.3 is 15.0 Å². The first-order valence-electron chi connectivity index (χ1n) is 6.65. The summed E-state index contributed by atoms with van der Waals surface area (Å²) in [4.78, 5) is 4.38. The van der Waals surface area contributed by atoms with Crippen molar-refractivity contribution in [2.75, 3.05) is 12.3 Å². The molecule has 1 atom stereocenters. The summed E-state index contributed by atoms with van der Waals surface area (Å²) >= 11 is 12.2. The van der Waals surface area contributed by atoms with Gasteiger partial charge in [0.25, 0.3) is 5.89 Å². The molecule has 1 heterocycles. The predicted octanol–water partition coefficient (Wildman–Crippen LogP) is 4.29. The average Bonchev–Trinajstić information content (AvgIpc) is 2.94. The SMILES string of the molecule is CCOC(C)(CC)c1noc(-c2c(Cl)ccc(Cl)c2N)n1. The molecule has 1 aromatic heterocycles. The first kappa shape index (κ1) is 16.1. The minimum Gasteiger partial charge on any atom is -0.397 e. The Hall–Kier alpha value is -1.30. The zero-order valence-electron chi connectivity index (χ0n) is 12.1. The molecule has 1 unspecified atom stereocenters. The van der Waals surface area contributed by atoms with Gasteiger partial charge in [-0.25, -0.2) is 0 Å². The molecule has 114 valence electrons. The number of hydrogen-bond acceptors (Lipinski definition) is 5. The lowest BCUT2D eigenvalue weighted by Crippen LogP contribution is -2.26. The standard InChI is InChI=1S/C14H17Cl2N3O2/c1-4-14(3,20-5-2)13-18-12(21-19-13)10-8(15)6-7-9(16)11(10)17/h6-7H,4-5,17H2,1-3H3. The van der Waals surface area contributed by atoms with Crippen LogP contribution in [0.15, 0.2) is 16.7 Å². The minimum absolute atomic E-state index is 0.231. The lowest BCUT2D eigenvalue weighted by atomic mass is 10.0. The van der Waals surface area contributed by atoms with E-state index in [4.69, 9.17) is 38.2 Å². The van der Waals surface area contributed by atoms with E-state index in [1.165, 1.54) is 0 Å². The summed E-state index contributed by atoms with van der Waals surface area (Å²) in [5.41, 5.74) is 6.09. The molecule has 0 spiro atoms. The number of aromatic nitrogens is 2. The number of nitrogens with two attached hydrogens (primary N) is 1. The topological polar surface area (TPSA) is 74.2 Å². The summed E-state index contributed by atoms with van der Waals surface area (Å²) < 4.78 is 11.0. The smallest absolute Gasteiger partial charge is 0.261 e. The number of nitrogens with zero attached hydrogens (tertiary/aromatic N) is 2. The van der Waals surface area contributed by atoms with Gasteiger partial charge in [-0.3, -0.25) is 0 Å². The molecule has 0 aliphatic heterocycles. The molecule has 2 aromatic rings. The Morgan fingerprint density at radius 1 is 1.29 bits per heavy atom. The van der Waals surface area contributed by atoms with E-state index in [2.05, 4.69) is 10.1 Å². The van der Waals surface area contributed by atoms with E-state index in [9.17, 15) is 0 Å². The maximum absolute atomic E-state index is 6.16. The van der Waals surface area contributed by atoms with Crippen LogP contribution in [0, 0.1) is 0 Å². The van der Waals surface area contributed by atoms with Crippen LogP contribution in [-0.4, -0.2) is 16.7 Å². The molecule has 21 heavy (non-hydrogen) atoms. The Morgan fingerprint density at radius 3 is 2.57 bits per heavy atom. The van der Waals surface area contributed by atoms with E-state index < -0.39 is 5.60 Å². The molecule has 0 aliphatic rings. The monoisotopic (exact) mass is 329 g/mol. The van der Waals surface area contributed by atoms with E-state index in [0.29, 0.717) is 40.1 Å². The molecule has 0 saturated heterocycles. The zero-order chi connectivity index (χ0) is 15.6. The molecule has 0 bridgehead atoms. The largest absolute Gasteiger partial charge is 0.397 e. The summed E-state index contributed by atoms with van der Waals surface area (Å²) in [5.74, 6) is 0.687. The molecule has 5 nitrogen and oxygen atoms in total. The minimum atomic E-state index is -0.615. The molecule has 0 aliphatic carbocycles. The Labute approximate surface area is 133 Å². The maximum Gasteiger partial charge on any atom is 0.261 e. The summed E-state index contributed by atoms with van der Waals surface area (Å²) in [6, 6.07) is 3.26. The quantitative estimate of drug-likeness (QED) is 0.828. The summed E-state index contributed by atoms with van der Waals surface area (Å²) in [6.45, 7) is 6.37. The van der Waals surface area contributed by atoms with Crippen molar-refractivity contribution < 1.29 is 9.26 Å². The normalized spacial score (nSPS) is 14.1. The highest BCUT2D eigenvalue weighted by atomic mass is 35.5. The third-order valence-corrected chi connectivity index (χ3v) is 4.04. The first-order valence-corrected chi connectivity index (χ1v) is 7.40. The molecule has 2 rings (SSSR count). The van der Waals surface area contributed by atoms with Crippen molar-refractivity contribution >= 4 is 28.9 Å². The van der Waals surface area contributed by atoms with Crippen LogP contribution in [-0.2, 0) is 10.3 Å². The summed E-state index contributed by atoms with van der Waals surface area (Å²) in [7, 11) is 0. The fourth-order valence-electron chi connectivity index (χ4n) is 1.97. The van der Waals surface area contributed by atoms with Gasteiger partial charge in [0.05, 0.1) is 21.3 Å². The van der Waals surface area contributed by atoms with Crippen molar-refractivity contribution in [1.82, 2.24) is 10.1 Å². The van der Waals surface area contributed by atoms with Crippen molar-refractivity contribution in [1.29, 1.82) is 0 Å². The highest BCUT2D eigenvalue weighted by Gasteiger charge is 2.31. The van der Waals surface area contributed by atoms with Gasteiger partial charge in [-0.05, 0) is 32.4 Å². The van der Waals surface area contributed by atoms with Crippen LogP contribution in [0.4, 0.5) is 5.69 Å². The highest BCUT2D eigenvalue weighted by molar-refractivity contribution is 6.37. The van der Waals surface area contributed by atoms with Crippen LogP contribution in [0.3, 0.4) is 0 Å². The number of hydrogen-bond donors (Lipinski definition) is 1. The predicted molar refractivity (Wildman–Crippen MR) is 83.4 cm³/mol. The van der Waals surface area contributed by atoms with Crippen molar-refractivity contribution in [3.8, 4) is 11.5 Å². The number of ether oxygens (including phenoxy) is 1. The zero-order valence-corrected chi connectivity index (χ0v) is 13.6. The third kappa shape index (κ3) is 3.00. The van der Waals surface area contributed by atoms with E-state index >= 15 is 0 Å². The van der Waals surface area contributed by atoms with Crippen LogP contribution in [0.2, 0.25) is 10.0 Å². The maximum atomic E-state index is 6.16. The molecule has 2 N–H and O–H groups in total. The van der Waals surface area contributed by atoms with Gasteiger partial charge in [-0.1, -0.05) is 35.3 Å². The molecular formula is C14H17Cl2N3O2. The molecule has 1 aromatic carbocycles. The lowest BCUT2D eigenvalue weighted by Gasteiger charge is -2.23. The van der Waals surface area contributed by atoms with Gasteiger partial charge in [0.2, 0.25) is 5.82 Å². The van der Waals surface area contributed by atoms with Crippen LogP contribution in [0.25, 0.3) is 11.5 Å². The van der Waals surface area contributed by atoms with E-state index in [1.54, 1.807) is 12.1 Å². The second-order valence-corrected chi connectivity index (χ2v) is 5.57. The molecular weight excluding hydrogens is 313 g/mol. The molecule has 7 heteroatoms. The molecule has 0 amide bonds. The third-order valence-electron chi connectivity index (χ3n) is 3.39. The van der Waals surface area contributed by atoms with Gasteiger partial charge >= 0.3 is 0 Å². The van der Waals surface area contributed by atoms with E-state index in [1.807, 2.05) is 20.8 Å². The van der Waals surface area contributed by atoms with Crippen molar-refractivity contribution in [3.63, 3.8) is 0 Å². The van der Waals surface area contributed by atoms with Gasteiger partial charge in [0.15, 0.2) is 0 Å². The van der Waals surface area contributed by atoms with Crippen LogP contribution < -0.4 is 5.73 Å². The van der Waals surface area contributed by atoms with Crippen molar-refractivity contribution in [3.05, 3.63) is 28.0 Å². The number of anilines is 1. The van der Waals surface area contributed by atoms with Crippen molar-refractivity contribution in [2.45, 2.75) is 32.8 Å². The summed E-state index contributed by atoms with van der Waals surface area (Å²) in [5, 5.41) is 4.79. The fraction of sp³-hybridized carbons (Fsp3) is 0.429. The highest BCUT2D eigenvalue weighted by Crippen LogP contribution is 2.38. The number of nitrogen functional groups attached to an aromatic ring is 1. The lowest BCUT2D eigenvalue weighted by molar-refractivity contribution is -0.0403. The second-order valence-electron chi connectivity index (χ2n) is 4.76. The molecule has 0 fully saturated rings. The fourth-order valence-corrected chi connectivity index (χ4v) is 2.37. The van der Waals surface area contributed by atoms with Gasteiger partial charge in [-0.2, -0.15) is 4.98 Å². The Morgan fingerprint density at radius 2 is 1.95 bits per heavy atom. The number of halogens is 2. The first-order chi connectivity index (χ1) is 9.92. The van der Waals surface area contributed by atoms with Gasteiger partial charge in [0.1, 0.15) is 5.60 Å². The average molecular weight is 330 g/mol. The van der Waals surface area contributed by atoms with Crippen LogP contribution >= 0.6 is 23.2 Å². The number of rotatable bonds is 5. The van der Waals surface area contributed by atoms with Crippen LogP contribution in [0.5, 0.6) is 0 Å². The van der Waals surface area contributed by atoms with E-state index in [-0.39, 0.29) is 5.89 Å². The van der Waals surface area contributed by atoms with Gasteiger partial charge in [0, 0.05) is 6.61 Å². The number of benzene rings is 1. The molecule has 0 radical (unpaired) electrons. The Kier molecular flexibility index (Phi) is 4.76. The van der Waals surface area contributed by atoms with Crippen LogP contribution in [0.1, 0.15) is 33.0 Å². The summed E-state index contributed by atoms with van der Waals surface area (Å²) in [6.07, 6.45) is 0.707. The Balaban J connectivity index is 2.48. The van der Waals surface area contributed by atoms with E-state index in [0.717, 1.165) is 0 Å². The van der Waals surface area contributed by atoms with Gasteiger partial charge in [-0.15, -0.1) is 0 Å². The second kappa shape index (κ2) is 6.22. The molecule has 0 saturated carbocycles.